The summed E-state index contributed by atoms with van der Waals surface area (Å²) in [6.45, 7) is 1.81. The largest absolute Gasteiger partial charge is 0.381 e. The Labute approximate surface area is 103 Å². The van der Waals surface area contributed by atoms with E-state index in [1.807, 2.05) is 7.05 Å². The van der Waals surface area contributed by atoms with E-state index in [1.165, 1.54) is 10.0 Å². The highest BCUT2D eigenvalue weighted by Crippen LogP contribution is 2.35. The SMILES string of the molecule is CNC(c1cscc1Br)C1CCOCC1. The first-order chi connectivity index (χ1) is 7.33. The number of thiophene rings is 1. The van der Waals surface area contributed by atoms with Crippen molar-refractivity contribution in [3.05, 3.63) is 20.8 Å². The summed E-state index contributed by atoms with van der Waals surface area (Å²) < 4.78 is 6.64. The molecule has 0 amide bonds. The summed E-state index contributed by atoms with van der Waals surface area (Å²) in [5.41, 5.74) is 1.40. The number of hydrogen-bond donors (Lipinski definition) is 1. The molecule has 0 aromatic carbocycles. The molecule has 0 saturated carbocycles. The third kappa shape index (κ3) is 2.61. The summed E-state index contributed by atoms with van der Waals surface area (Å²) in [5, 5.41) is 7.82. The molecular weight excluding hydrogens is 274 g/mol. The van der Waals surface area contributed by atoms with Gasteiger partial charge in [-0.25, -0.2) is 0 Å². The minimum Gasteiger partial charge on any atom is -0.381 e. The van der Waals surface area contributed by atoms with Crippen molar-refractivity contribution in [2.24, 2.45) is 5.92 Å². The summed E-state index contributed by atoms with van der Waals surface area (Å²) in [6, 6.07) is 0.467. The second-order valence-corrected chi connectivity index (χ2v) is 5.49. The molecule has 15 heavy (non-hydrogen) atoms. The molecule has 1 saturated heterocycles. The van der Waals surface area contributed by atoms with Crippen LogP contribution >= 0.6 is 27.3 Å². The second-order valence-electron chi connectivity index (χ2n) is 3.89. The minimum absolute atomic E-state index is 0.467. The zero-order valence-corrected chi connectivity index (χ0v) is 11.2. The molecule has 1 aliphatic rings. The van der Waals surface area contributed by atoms with Gasteiger partial charge in [0.25, 0.3) is 0 Å². The second kappa shape index (κ2) is 5.43. The van der Waals surface area contributed by atoms with E-state index in [2.05, 4.69) is 32.0 Å². The highest BCUT2D eigenvalue weighted by Gasteiger charge is 2.25. The molecule has 2 heterocycles. The molecule has 2 nitrogen and oxygen atoms in total. The van der Waals surface area contributed by atoms with Crippen LogP contribution in [0.25, 0.3) is 0 Å². The van der Waals surface area contributed by atoms with E-state index < -0.39 is 0 Å². The summed E-state index contributed by atoms with van der Waals surface area (Å²) in [4.78, 5) is 0. The van der Waals surface area contributed by atoms with Gasteiger partial charge in [0.15, 0.2) is 0 Å². The number of rotatable bonds is 3. The Balaban J connectivity index is 2.12. The van der Waals surface area contributed by atoms with E-state index in [0.29, 0.717) is 12.0 Å². The minimum atomic E-state index is 0.467. The maximum atomic E-state index is 5.41. The predicted molar refractivity (Wildman–Crippen MR) is 67.4 cm³/mol. The molecule has 1 atom stereocenters. The quantitative estimate of drug-likeness (QED) is 0.923. The summed E-state index contributed by atoms with van der Waals surface area (Å²) in [5.74, 6) is 0.703. The Hall–Kier alpha value is 0.1000. The van der Waals surface area contributed by atoms with Gasteiger partial charge in [0, 0.05) is 29.1 Å². The van der Waals surface area contributed by atoms with Gasteiger partial charge in [-0.15, -0.1) is 0 Å². The van der Waals surface area contributed by atoms with Crippen LogP contribution in [-0.4, -0.2) is 20.3 Å². The van der Waals surface area contributed by atoms with E-state index in [9.17, 15) is 0 Å². The number of halogens is 1. The van der Waals surface area contributed by atoms with Crippen molar-refractivity contribution in [2.45, 2.75) is 18.9 Å². The zero-order chi connectivity index (χ0) is 10.7. The number of hydrogen-bond acceptors (Lipinski definition) is 3. The van der Waals surface area contributed by atoms with Crippen LogP contribution in [0, 0.1) is 5.92 Å². The molecule has 1 unspecified atom stereocenters. The first-order valence-corrected chi connectivity index (χ1v) is 7.03. The normalized spacial score (nSPS) is 20.4. The fourth-order valence-electron chi connectivity index (χ4n) is 2.21. The van der Waals surface area contributed by atoms with Gasteiger partial charge in [0.1, 0.15) is 0 Å². The third-order valence-electron chi connectivity index (χ3n) is 3.03. The Bertz CT molecular complexity index is 309. The van der Waals surface area contributed by atoms with E-state index in [-0.39, 0.29) is 0 Å². The lowest BCUT2D eigenvalue weighted by molar-refractivity contribution is 0.0546. The standard InChI is InChI=1S/C11H16BrNOS/c1-13-11(8-2-4-14-5-3-8)9-6-15-7-10(9)12/h6-8,11,13H,2-5H2,1H3. The summed E-state index contributed by atoms with van der Waals surface area (Å²) >= 11 is 5.37. The predicted octanol–water partition coefficient (Wildman–Crippen LogP) is 3.20. The van der Waals surface area contributed by atoms with Gasteiger partial charge in [-0.05, 0) is 52.7 Å². The molecule has 2 rings (SSSR count). The maximum absolute atomic E-state index is 5.41. The van der Waals surface area contributed by atoms with Crippen molar-refractivity contribution in [2.75, 3.05) is 20.3 Å². The molecule has 0 bridgehead atoms. The van der Waals surface area contributed by atoms with E-state index in [1.54, 1.807) is 11.3 Å². The van der Waals surface area contributed by atoms with Crippen LogP contribution in [0.2, 0.25) is 0 Å². The van der Waals surface area contributed by atoms with E-state index in [0.717, 1.165) is 26.1 Å². The highest BCUT2D eigenvalue weighted by molar-refractivity contribution is 9.10. The van der Waals surface area contributed by atoms with Crippen LogP contribution in [0.5, 0.6) is 0 Å². The van der Waals surface area contributed by atoms with Crippen LogP contribution in [0.3, 0.4) is 0 Å². The maximum Gasteiger partial charge on any atom is 0.0469 e. The van der Waals surface area contributed by atoms with Crippen LogP contribution in [-0.2, 0) is 4.74 Å². The van der Waals surface area contributed by atoms with Crippen molar-refractivity contribution < 1.29 is 4.74 Å². The van der Waals surface area contributed by atoms with Crippen LogP contribution in [0.4, 0.5) is 0 Å². The Morgan fingerprint density at radius 2 is 2.20 bits per heavy atom. The highest BCUT2D eigenvalue weighted by atomic mass is 79.9. The lowest BCUT2D eigenvalue weighted by Crippen LogP contribution is -2.29. The Morgan fingerprint density at radius 1 is 1.47 bits per heavy atom. The van der Waals surface area contributed by atoms with Gasteiger partial charge in [-0.1, -0.05) is 0 Å². The van der Waals surface area contributed by atoms with Gasteiger partial charge >= 0.3 is 0 Å². The lowest BCUT2D eigenvalue weighted by Gasteiger charge is -2.30. The molecule has 0 spiro atoms. The van der Waals surface area contributed by atoms with Crippen molar-refractivity contribution in [3.63, 3.8) is 0 Å². The average Bonchev–Trinajstić information content (AvgIpc) is 2.68. The van der Waals surface area contributed by atoms with Gasteiger partial charge in [-0.3, -0.25) is 0 Å². The first kappa shape index (κ1) is 11.6. The summed E-state index contributed by atoms with van der Waals surface area (Å²) in [7, 11) is 2.05. The zero-order valence-electron chi connectivity index (χ0n) is 8.83. The summed E-state index contributed by atoms with van der Waals surface area (Å²) in [6.07, 6.45) is 2.32. The fourth-order valence-corrected chi connectivity index (χ4v) is 3.79. The third-order valence-corrected chi connectivity index (χ3v) is 4.78. The molecule has 1 N–H and O–H groups in total. The average molecular weight is 290 g/mol. The van der Waals surface area contributed by atoms with Gasteiger partial charge in [-0.2, -0.15) is 11.3 Å². The topological polar surface area (TPSA) is 21.3 Å². The fraction of sp³-hybridized carbons (Fsp3) is 0.636. The molecule has 84 valence electrons. The van der Waals surface area contributed by atoms with Crippen molar-refractivity contribution in [3.8, 4) is 0 Å². The lowest BCUT2D eigenvalue weighted by atomic mass is 9.88. The Kier molecular flexibility index (Phi) is 4.20. The Morgan fingerprint density at radius 3 is 2.73 bits per heavy atom. The van der Waals surface area contributed by atoms with E-state index >= 15 is 0 Å². The smallest absolute Gasteiger partial charge is 0.0469 e. The molecule has 1 aliphatic heterocycles. The molecule has 4 heteroatoms. The van der Waals surface area contributed by atoms with Crippen molar-refractivity contribution >= 4 is 27.3 Å². The monoisotopic (exact) mass is 289 g/mol. The number of ether oxygens (including phenoxy) is 1. The molecule has 0 aliphatic carbocycles. The molecular formula is C11H16BrNOS. The van der Waals surface area contributed by atoms with Crippen LogP contribution in [0.1, 0.15) is 24.4 Å². The molecule has 0 radical (unpaired) electrons. The van der Waals surface area contributed by atoms with Gasteiger partial charge in [0.2, 0.25) is 0 Å². The molecule has 1 aromatic heterocycles. The molecule has 1 fully saturated rings. The van der Waals surface area contributed by atoms with Gasteiger partial charge < -0.3 is 10.1 Å². The molecule has 1 aromatic rings. The van der Waals surface area contributed by atoms with Crippen LogP contribution in [0.15, 0.2) is 15.2 Å². The van der Waals surface area contributed by atoms with E-state index in [4.69, 9.17) is 4.74 Å². The van der Waals surface area contributed by atoms with Gasteiger partial charge in [0.05, 0.1) is 0 Å². The van der Waals surface area contributed by atoms with Crippen molar-refractivity contribution in [1.82, 2.24) is 5.32 Å². The number of nitrogens with one attached hydrogen (secondary N) is 1. The first-order valence-electron chi connectivity index (χ1n) is 5.29. The van der Waals surface area contributed by atoms with Crippen LogP contribution < -0.4 is 5.32 Å². The van der Waals surface area contributed by atoms with Crippen molar-refractivity contribution in [1.29, 1.82) is 0 Å².